The molecule has 0 aromatic heterocycles. The molecule has 0 bridgehead atoms. The highest BCUT2D eigenvalue weighted by Gasteiger charge is 2.06. The number of aryl methyl sites for hydroxylation is 2. The Morgan fingerprint density at radius 3 is 2.33 bits per heavy atom. The van der Waals surface area contributed by atoms with Crippen molar-refractivity contribution in [2.45, 2.75) is 26.5 Å². The molecule has 2 N–H and O–H groups in total. The van der Waals surface area contributed by atoms with E-state index in [1.807, 2.05) is 31.1 Å². The Morgan fingerprint density at radius 2 is 1.83 bits per heavy atom. The third-order valence-electron chi connectivity index (χ3n) is 2.78. The number of nitrogens with zero attached hydrogens (tertiary/aromatic N) is 1. The molecule has 0 aliphatic carbocycles. The van der Waals surface area contributed by atoms with Gasteiger partial charge in [0, 0.05) is 19.6 Å². The first kappa shape index (κ1) is 15.1. The van der Waals surface area contributed by atoms with Crippen LogP contribution in [0.3, 0.4) is 0 Å². The van der Waals surface area contributed by atoms with Gasteiger partial charge in [-0.15, -0.1) is 0 Å². The molecule has 1 aromatic rings. The summed E-state index contributed by atoms with van der Waals surface area (Å²) in [6.07, 6.45) is -0.386. The Morgan fingerprint density at radius 1 is 1.28 bits per heavy atom. The molecule has 0 fully saturated rings. The fourth-order valence-electron chi connectivity index (χ4n) is 2.01. The summed E-state index contributed by atoms with van der Waals surface area (Å²) in [5.41, 5.74) is 2.38. The molecule has 4 heteroatoms. The standard InChI is InChI=1S/C14H23FN2O/c1-10-5-12(6-11(2)14(10)15)7-16-8-13(18)9-17(3)4/h5-6,13,16,18H,7-9H2,1-4H3. The second kappa shape index (κ2) is 6.83. The van der Waals surface area contributed by atoms with E-state index in [2.05, 4.69) is 5.32 Å². The second-order valence-corrected chi connectivity index (χ2v) is 5.09. The number of rotatable bonds is 6. The molecule has 0 saturated carbocycles. The average molecular weight is 254 g/mol. The highest BCUT2D eigenvalue weighted by atomic mass is 19.1. The molecule has 1 rings (SSSR count). The molecule has 0 spiro atoms. The summed E-state index contributed by atoms with van der Waals surface area (Å²) >= 11 is 0. The third-order valence-corrected chi connectivity index (χ3v) is 2.78. The number of halogens is 1. The molecule has 3 nitrogen and oxygen atoms in total. The molecule has 1 aromatic carbocycles. The Labute approximate surface area is 109 Å². The monoisotopic (exact) mass is 254 g/mol. The minimum atomic E-state index is -0.386. The van der Waals surface area contributed by atoms with Crippen molar-refractivity contribution in [1.82, 2.24) is 10.2 Å². The maximum absolute atomic E-state index is 13.4. The van der Waals surface area contributed by atoms with Crippen LogP contribution in [0.25, 0.3) is 0 Å². The van der Waals surface area contributed by atoms with Crippen LogP contribution in [0.2, 0.25) is 0 Å². The van der Waals surface area contributed by atoms with Gasteiger partial charge in [0.1, 0.15) is 5.82 Å². The minimum absolute atomic E-state index is 0.133. The predicted octanol–water partition coefficient (Wildman–Crippen LogP) is 1.45. The summed E-state index contributed by atoms with van der Waals surface area (Å²) in [7, 11) is 3.85. The van der Waals surface area contributed by atoms with E-state index in [9.17, 15) is 9.50 Å². The lowest BCUT2D eigenvalue weighted by Gasteiger charge is -2.16. The molecule has 0 aliphatic rings. The van der Waals surface area contributed by atoms with Gasteiger partial charge in [-0.2, -0.15) is 0 Å². The molecule has 0 radical (unpaired) electrons. The Hall–Kier alpha value is -0.970. The van der Waals surface area contributed by atoms with Crippen LogP contribution in [0.5, 0.6) is 0 Å². The van der Waals surface area contributed by atoms with Gasteiger partial charge in [0.25, 0.3) is 0 Å². The zero-order chi connectivity index (χ0) is 13.7. The van der Waals surface area contributed by atoms with Crippen LogP contribution < -0.4 is 5.32 Å². The number of aliphatic hydroxyl groups excluding tert-OH is 1. The van der Waals surface area contributed by atoms with Gasteiger partial charge in [0.2, 0.25) is 0 Å². The van der Waals surface area contributed by atoms with Crippen LogP contribution in [0.4, 0.5) is 4.39 Å². The van der Waals surface area contributed by atoms with E-state index in [0.717, 1.165) is 5.56 Å². The average Bonchev–Trinajstić information content (AvgIpc) is 2.24. The Kier molecular flexibility index (Phi) is 5.72. The number of benzene rings is 1. The summed E-state index contributed by atoms with van der Waals surface area (Å²) in [6.45, 7) is 5.36. The quantitative estimate of drug-likeness (QED) is 0.806. The van der Waals surface area contributed by atoms with Crippen LogP contribution in [-0.2, 0) is 6.54 Å². The van der Waals surface area contributed by atoms with Crippen LogP contribution in [0.15, 0.2) is 12.1 Å². The first-order valence-corrected chi connectivity index (χ1v) is 6.19. The van der Waals surface area contributed by atoms with Gasteiger partial charge < -0.3 is 15.3 Å². The lowest BCUT2D eigenvalue weighted by Crippen LogP contribution is -2.34. The topological polar surface area (TPSA) is 35.5 Å². The van der Waals surface area contributed by atoms with Crippen molar-refractivity contribution in [2.24, 2.45) is 0 Å². The SMILES string of the molecule is Cc1cc(CNCC(O)CN(C)C)cc(C)c1F. The van der Waals surface area contributed by atoms with Gasteiger partial charge in [-0.1, -0.05) is 12.1 Å². The molecule has 102 valence electrons. The van der Waals surface area contributed by atoms with Crippen molar-refractivity contribution in [1.29, 1.82) is 0 Å². The maximum Gasteiger partial charge on any atom is 0.129 e. The van der Waals surface area contributed by atoms with Crippen molar-refractivity contribution in [2.75, 3.05) is 27.2 Å². The first-order valence-electron chi connectivity index (χ1n) is 6.19. The zero-order valence-electron chi connectivity index (χ0n) is 11.6. The first-order chi connectivity index (χ1) is 8.40. The lowest BCUT2D eigenvalue weighted by molar-refractivity contribution is 0.134. The van der Waals surface area contributed by atoms with Crippen molar-refractivity contribution in [3.63, 3.8) is 0 Å². The molecule has 0 amide bonds. The summed E-state index contributed by atoms with van der Waals surface area (Å²) < 4.78 is 13.4. The normalized spacial score (nSPS) is 13.1. The molecule has 18 heavy (non-hydrogen) atoms. The summed E-state index contributed by atoms with van der Waals surface area (Å²) in [5.74, 6) is -0.133. The largest absolute Gasteiger partial charge is 0.390 e. The molecule has 1 atom stereocenters. The van der Waals surface area contributed by atoms with Crippen LogP contribution in [-0.4, -0.2) is 43.3 Å². The Bertz CT molecular complexity index is 370. The maximum atomic E-state index is 13.4. The third kappa shape index (κ3) is 4.72. The second-order valence-electron chi connectivity index (χ2n) is 5.09. The van der Waals surface area contributed by atoms with Gasteiger partial charge in [-0.25, -0.2) is 4.39 Å². The number of hydrogen-bond donors (Lipinski definition) is 2. The summed E-state index contributed by atoms with van der Waals surface area (Å²) in [4.78, 5) is 1.94. The van der Waals surface area contributed by atoms with Crippen LogP contribution in [0.1, 0.15) is 16.7 Å². The van der Waals surface area contributed by atoms with E-state index >= 15 is 0 Å². The van der Waals surface area contributed by atoms with Gasteiger partial charge in [-0.05, 0) is 44.6 Å². The van der Waals surface area contributed by atoms with Crippen molar-refractivity contribution in [3.05, 3.63) is 34.6 Å². The van der Waals surface area contributed by atoms with E-state index in [1.54, 1.807) is 13.8 Å². The highest BCUT2D eigenvalue weighted by molar-refractivity contribution is 5.30. The smallest absolute Gasteiger partial charge is 0.129 e. The van der Waals surface area contributed by atoms with Gasteiger partial charge >= 0.3 is 0 Å². The minimum Gasteiger partial charge on any atom is -0.390 e. The number of aliphatic hydroxyl groups is 1. The molecule has 0 heterocycles. The number of likely N-dealkylation sites (N-methyl/N-ethyl adjacent to an activating group) is 1. The fourth-order valence-corrected chi connectivity index (χ4v) is 2.01. The zero-order valence-corrected chi connectivity index (χ0v) is 11.6. The van der Waals surface area contributed by atoms with E-state index in [1.165, 1.54) is 0 Å². The van der Waals surface area contributed by atoms with Crippen LogP contribution in [0, 0.1) is 19.7 Å². The molecule has 0 aliphatic heterocycles. The number of nitrogens with one attached hydrogen (secondary N) is 1. The van der Waals surface area contributed by atoms with Gasteiger partial charge in [-0.3, -0.25) is 0 Å². The molecule has 1 unspecified atom stereocenters. The van der Waals surface area contributed by atoms with Gasteiger partial charge in [0.05, 0.1) is 6.10 Å². The summed E-state index contributed by atoms with van der Waals surface area (Å²) in [5, 5.41) is 12.9. The predicted molar refractivity (Wildman–Crippen MR) is 72.1 cm³/mol. The lowest BCUT2D eigenvalue weighted by atomic mass is 10.1. The molecular weight excluding hydrogens is 231 g/mol. The van der Waals surface area contributed by atoms with E-state index in [0.29, 0.717) is 30.8 Å². The van der Waals surface area contributed by atoms with Crippen molar-refractivity contribution >= 4 is 0 Å². The molecule has 0 saturated heterocycles. The Balaban J connectivity index is 2.45. The fraction of sp³-hybridized carbons (Fsp3) is 0.571. The van der Waals surface area contributed by atoms with Crippen molar-refractivity contribution in [3.8, 4) is 0 Å². The van der Waals surface area contributed by atoms with Gasteiger partial charge in [0.15, 0.2) is 0 Å². The summed E-state index contributed by atoms with van der Waals surface area (Å²) in [6, 6.07) is 3.68. The van der Waals surface area contributed by atoms with E-state index in [-0.39, 0.29) is 11.9 Å². The van der Waals surface area contributed by atoms with Crippen LogP contribution >= 0.6 is 0 Å². The van der Waals surface area contributed by atoms with Crippen molar-refractivity contribution < 1.29 is 9.50 Å². The highest BCUT2D eigenvalue weighted by Crippen LogP contribution is 2.14. The van der Waals surface area contributed by atoms with E-state index in [4.69, 9.17) is 0 Å². The molecular formula is C14H23FN2O. The number of hydrogen-bond acceptors (Lipinski definition) is 3. The van der Waals surface area contributed by atoms with E-state index < -0.39 is 0 Å².